The highest BCUT2D eigenvalue weighted by Crippen LogP contribution is 2.30. The van der Waals surface area contributed by atoms with Crippen LogP contribution in [0.3, 0.4) is 0 Å². The lowest BCUT2D eigenvalue weighted by molar-refractivity contribution is 0.0702. The lowest BCUT2D eigenvalue weighted by atomic mass is 9.81. The van der Waals surface area contributed by atoms with E-state index in [0.717, 1.165) is 24.4 Å². The standard InChI is InChI=1S/C12H24N2/c1-10-6-7-14(10)9-12-4-2-11(8-13)3-5-12/h10-12H,2-9,13H2,1H3. The van der Waals surface area contributed by atoms with E-state index in [1.807, 2.05) is 0 Å². The minimum atomic E-state index is 0.833. The fraction of sp³-hybridized carbons (Fsp3) is 1.00. The molecule has 82 valence electrons. The SMILES string of the molecule is CC1CCN1CC1CCC(CN)CC1. The van der Waals surface area contributed by atoms with Crippen LogP contribution in [0.25, 0.3) is 0 Å². The zero-order valence-electron chi connectivity index (χ0n) is 9.41. The summed E-state index contributed by atoms with van der Waals surface area (Å²) in [5, 5.41) is 0. The van der Waals surface area contributed by atoms with Crippen LogP contribution in [0.5, 0.6) is 0 Å². The van der Waals surface area contributed by atoms with Gasteiger partial charge < -0.3 is 10.6 Å². The molecule has 0 radical (unpaired) electrons. The first-order valence-electron chi connectivity index (χ1n) is 6.23. The molecule has 0 aromatic heterocycles. The Morgan fingerprint density at radius 1 is 1.07 bits per heavy atom. The molecule has 2 nitrogen and oxygen atoms in total. The number of hydrogen-bond acceptors (Lipinski definition) is 2. The Hall–Kier alpha value is -0.0800. The van der Waals surface area contributed by atoms with Crippen molar-refractivity contribution in [2.45, 2.75) is 45.1 Å². The molecule has 1 aliphatic heterocycles. The van der Waals surface area contributed by atoms with Crippen molar-refractivity contribution in [3.05, 3.63) is 0 Å². The molecule has 2 rings (SSSR count). The van der Waals surface area contributed by atoms with Gasteiger partial charge in [-0.3, -0.25) is 0 Å². The van der Waals surface area contributed by atoms with Crippen molar-refractivity contribution in [1.29, 1.82) is 0 Å². The number of likely N-dealkylation sites (tertiary alicyclic amines) is 1. The highest BCUT2D eigenvalue weighted by atomic mass is 15.2. The zero-order chi connectivity index (χ0) is 9.97. The van der Waals surface area contributed by atoms with Gasteiger partial charge in [0.2, 0.25) is 0 Å². The normalized spacial score (nSPS) is 39.4. The van der Waals surface area contributed by atoms with Gasteiger partial charge >= 0.3 is 0 Å². The molecule has 2 aliphatic rings. The highest BCUT2D eigenvalue weighted by molar-refractivity contribution is 4.83. The molecular weight excluding hydrogens is 172 g/mol. The monoisotopic (exact) mass is 196 g/mol. The van der Waals surface area contributed by atoms with Gasteiger partial charge in [0.15, 0.2) is 0 Å². The van der Waals surface area contributed by atoms with Crippen LogP contribution in [-0.4, -0.2) is 30.6 Å². The molecule has 2 heteroatoms. The van der Waals surface area contributed by atoms with Crippen molar-refractivity contribution in [3.8, 4) is 0 Å². The Kier molecular flexibility index (Phi) is 3.45. The average Bonchev–Trinajstić information content (AvgIpc) is 2.24. The number of rotatable bonds is 3. The van der Waals surface area contributed by atoms with Gasteiger partial charge in [0.05, 0.1) is 0 Å². The van der Waals surface area contributed by atoms with E-state index in [1.165, 1.54) is 45.2 Å². The minimum Gasteiger partial charge on any atom is -0.330 e. The van der Waals surface area contributed by atoms with E-state index in [-0.39, 0.29) is 0 Å². The van der Waals surface area contributed by atoms with E-state index in [2.05, 4.69) is 11.8 Å². The molecule has 1 atom stereocenters. The first kappa shape index (κ1) is 10.4. The third kappa shape index (κ3) is 2.29. The maximum absolute atomic E-state index is 5.70. The number of nitrogens with zero attached hydrogens (tertiary/aromatic N) is 1. The van der Waals surface area contributed by atoms with Crippen molar-refractivity contribution in [2.24, 2.45) is 17.6 Å². The third-order valence-electron chi connectivity index (χ3n) is 4.25. The summed E-state index contributed by atoms with van der Waals surface area (Å²) < 4.78 is 0. The first-order valence-corrected chi connectivity index (χ1v) is 6.23. The molecule has 0 aromatic carbocycles. The predicted molar refractivity (Wildman–Crippen MR) is 60.2 cm³/mol. The zero-order valence-corrected chi connectivity index (χ0v) is 9.41. The van der Waals surface area contributed by atoms with Crippen LogP contribution in [0.1, 0.15) is 39.0 Å². The van der Waals surface area contributed by atoms with E-state index in [1.54, 1.807) is 0 Å². The molecule has 1 heterocycles. The van der Waals surface area contributed by atoms with Gasteiger partial charge in [0.1, 0.15) is 0 Å². The van der Waals surface area contributed by atoms with Gasteiger partial charge in [-0.2, -0.15) is 0 Å². The topological polar surface area (TPSA) is 29.3 Å². The summed E-state index contributed by atoms with van der Waals surface area (Å²) in [7, 11) is 0. The van der Waals surface area contributed by atoms with Crippen LogP contribution in [0, 0.1) is 11.8 Å². The molecule has 1 aliphatic carbocycles. The lowest BCUT2D eigenvalue weighted by Crippen LogP contribution is -2.48. The smallest absolute Gasteiger partial charge is 0.00792 e. The third-order valence-corrected chi connectivity index (χ3v) is 4.25. The highest BCUT2D eigenvalue weighted by Gasteiger charge is 2.28. The summed E-state index contributed by atoms with van der Waals surface area (Å²) >= 11 is 0. The minimum absolute atomic E-state index is 0.833. The van der Waals surface area contributed by atoms with E-state index in [9.17, 15) is 0 Å². The second-order valence-electron chi connectivity index (χ2n) is 5.26. The summed E-state index contributed by atoms with van der Waals surface area (Å²) in [6.07, 6.45) is 7.01. The lowest BCUT2D eigenvalue weighted by Gasteiger charge is -2.42. The predicted octanol–water partition coefficient (Wildman–Crippen LogP) is 1.85. The van der Waals surface area contributed by atoms with Crippen molar-refractivity contribution in [2.75, 3.05) is 19.6 Å². The van der Waals surface area contributed by atoms with E-state index in [0.29, 0.717) is 0 Å². The molecular formula is C12H24N2. The fourth-order valence-electron chi connectivity index (χ4n) is 2.82. The maximum Gasteiger partial charge on any atom is 0.00792 e. The van der Waals surface area contributed by atoms with Crippen LogP contribution < -0.4 is 5.73 Å². The van der Waals surface area contributed by atoms with Crippen LogP contribution in [0.2, 0.25) is 0 Å². The molecule has 0 spiro atoms. The van der Waals surface area contributed by atoms with Crippen molar-refractivity contribution >= 4 is 0 Å². The van der Waals surface area contributed by atoms with Crippen molar-refractivity contribution < 1.29 is 0 Å². The first-order chi connectivity index (χ1) is 6.79. The van der Waals surface area contributed by atoms with Crippen LogP contribution in [0.4, 0.5) is 0 Å². The van der Waals surface area contributed by atoms with Crippen LogP contribution >= 0.6 is 0 Å². The number of hydrogen-bond donors (Lipinski definition) is 1. The summed E-state index contributed by atoms with van der Waals surface area (Å²) in [5.74, 6) is 1.81. The quantitative estimate of drug-likeness (QED) is 0.746. The molecule has 1 saturated carbocycles. The second kappa shape index (κ2) is 4.63. The van der Waals surface area contributed by atoms with Crippen LogP contribution in [0.15, 0.2) is 0 Å². The molecule has 1 unspecified atom stereocenters. The average molecular weight is 196 g/mol. The molecule has 0 aromatic rings. The summed E-state index contributed by atoms with van der Waals surface area (Å²) in [6, 6.07) is 0.863. The molecule has 0 amide bonds. The summed E-state index contributed by atoms with van der Waals surface area (Å²) in [6.45, 7) is 5.97. The summed E-state index contributed by atoms with van der Waals surface area (Å²) in [5.41, 5.74) is 5.70. The van der Waals surface area contributed by atoms with Gasteiger partial charge in [-0.1, -0.05) is 0 Å². The Bertz CT molecular complexity index is 173. The van der Waals surface area contributed by atoms with Gasteiger partial charge in [-0.25, -0.2) is 0 Å². The Labute approximate surface area is 87.8 Å². The maximum atomic E-state index is 5.70. The largest absolute Gasteiger partial charge is 0.330 e. The van der Waals surface area contributed by atoms with E-state index < -0.39 is 0 Å². The van der Waals surface area contributed by atoms with Crippen molar-refractivity contribution in [3.63, 3.8) is 0 Å². The van der Waals surface area contributed by atoms with Gasteiger partial charge in [-0.05, 0) is 64.0 Å². The van der Waals surface area contributed by atoms with E-state index >= 15 is 0 Å². The molecule has 1 saturated heterocycles. The molecule has 0 bridgehead atoms. The van der Waals surface area contributed by atoms with Crippen molar-refractivity contribution in [1.82, 2.24) is 4.90 Å². The van der Waals surface area contributed by atoms with Gasteiger partial charge in [-0.15, -0.1) is 0 Å². The van der Waals surface area contributed by atoms with Gasteiger partial charge in [0, 0.05) is 12.6 Å². The molecule has 2 fully saturated rings. The molecule has 14 heavy (non-hydrogen) atoms. The van der Waals surface area contributed by atoms with Crippen LogP contribution in [-0.2, 0) is 0 Å². The Morgan fingerprint density at radius 3 is 2.14 bits per heavy atom. The fourth-order valence-corrected chi connectivity index (χ4v) is 2.82. The number of nitrogens with two attached hydrogens (primary N) is 1. The molecule has 2 N–H and O–H groups in total. The van der Waals surface area contributed by atoms with Gasteiger partial charge in [0.25, 0.3) is 0 Å². The summed E-state index contributed by atoms with van der Waals surface area (Å²) in [4.78, 5) is 2.65. The Morgan fingerprint density at radius 2 is 1.71 bits per heavy atom. The second-order valence-corrected chi connectivity index (χ2v) is 5.26. The van der Waals surface area contributed by atoms with E-state index in [4.69, 9.17) is 5.73 Å². The Balaban J connectivity index is 1.68.